The fourth-order valence-electron chi connectivity index (χ4n) is 3.57. The van der Waals surface area contributed by atoms with Crippen LogP contribution in [0.1, 0.15) is 21.7 Å². The summed E-state index contributed by atoms with van der Waals surface area (Å²) in [6.45, 7) is 5.86. The number of piperazine rings is 1. The number of halogens is 1. The molecule has 2 aromatic carbocycles. The fraction of sp³-hybridized carbons (Fsp3) is 0.261. The molecule has 4 rings (SSSR count). The average molecular weight is 466 g/mol. The molecule has 0 spiro atoms. The van der Waals surface area contributed by atoms with E-state index in [0.717, 1.165) is 35.5 Å². The van der Waals surface area contributed by atoms with Crippen LogP contribution < -0.4 is 0 Å². The Hall–Kier alpha value is -2.77. The lowest BCUT2D eigenvalue weighted by atomic mass is 10.2. The molecule has 0 N–H and O–H groups in total. The van der Waals surface area contributed by atoms with Gasteiger partial charge in [0, 0.05) is 37.2 Å². The van der Waals surface area contributed by atoms with Gasteiger partial charge in [0.25, 0.3) is 5.91 Å². The SMILES string of the molecule is Cc1c(C(=O)N2CCN(C/C=C/c3ccccc3)CC2)nnn1-c1cccc(Br)c1. The summed E-state index contributed by atoms with van der Waals surface area (Å²) >= 11 is 3.47. The highest BCUT2D eigenvalue weighted by atomic mass is 79.9. The van der Waals surface area contributed by atoms with E-state index in [9.17, 15) is 4.79 Å². The van der Waals surface area contributed by atoms with Crippen molar-refractivity contribution in [2.24, 2.45) is 0 Å². The van der Waals surface area contributed by atoms with Gasteiger partial charge in [-0.05, 0) is 30.7 Å². The Bertz CT molecular complexity index is 1040. The second-order valence-corrected chi connectivity index (χ2v) is 8.24. The summed E-state index contributed by atoms with van der Waals surface area (Å²) in [6, 6.07) is 18.1. The van der Waals surface area contributed by atoms with Crippen molar-refractivity contribution in [2.75, 3.05) is 32.7 Å². The van der Waals surface area contributed by atoms with E-state index >= 15 is 0 Å². The maximum atomic E-state index is 13.0. The number of rotatable bonds is 5. The molecule has 1 amide bonds. The molecule has 0 bridgehead atoms. The van der Waals surface area contributed by atoms with E-state index in [2.05, 4.69) is 55.4 Å². The Balaban J connectivity index is 1.35. The van der Waals surface area contributed by atoms with Crippen molar-refractivity contribution in [3.63, 3.8) is 0 Å². The largest absolute Gasteiger partial charge is 0.335 e. The summed E-state index contributed by atoms with van der Waals surface area (Å²) in [6.07, 6.45) is 4.32. The molecule has 1 fully saturated rings. The zero-order valence-corrected chi connectivity index (χ0v) is 18.5. The molecular formula is C23H24BrN5O. The topological polar surface area (TPSA) is 54.3 Å². The lowest BCUT2D eigenvalue weighted by Gasteiger charge is -2.33. The molecule has 0 aliphatic carbocycles. The lowest BCUT2D eigenvalue weighted by molar-refractivity contribution is 0.0643. The van der Waals surface area contributed by atoms with Crippen molar-refractivity contribution in [2.45, 2.75) is 6.92 Å². The predicted molar refractivity (Wildman–Crippen MR) is 122 cm³/mol. The van der Waals surface area contributed by atoms with E-state index in [-0.39, 0.29) is 5.91 Å². The fourth-order valence-corrected chi connectivity index (χ4v) is 3.95. The van der Waals surface area contributed by atoms with E-state index in [1.54, 1.807) is 4.68 Å². The second-order valence-electron chi connectivity index (χ2n) is 7.32. The molecule has 1 aliphatic rings. The van der Waals surface area contributed by atoms with Crippen LogP contribution in [0.2, 0.25) is 0 Å². The first kappa shape index (κ1) is 20.5. The van der Waals surface area contributed by atoms with Gasteiger partial charge in [0.05, 0.1) is 11.4 Å². The van der Waals surface area contributed by atoms with Crippen LogP contribution in [0.5, 0.6) is 0 Å². The quantitative estimate of drug-likeness (QED) is 0.574. The van der Waals surface area contributed by atoms with Crippen molar-refractivity contribution < 1.29 is 4.79 Å². The highest BCUT2D eigenvalue weighted by molar-refractivity contribution is 9.10. The Morgan fingerprint density at radius 3 is 2.57 bits per heavy atom. The van der Waals surface area contributed by atoms with Crippen LogP contribution in [0.4, 0.5) is 0 Å². The Morgan fingerprint density at radius 2 is 1.83 bits per heavy atom. The first-order valence-corrected chi connectivity index (χ1v) is 10.8. The van der Waals surface area contributed by atoms with Crippen LogP contribution in [0.3, 0.4) is 0 Å². The molecule has 1 aliphatic heterocycles. The van der Waals surface area contributed by atoms with E-state index in [1.807, 2.05) is 54.3 Å². The molecule has 1 aromatic heterocycles. The number of benzene rings is 2. The zero-order valence-electron chi connectivity index (χ0n) is 16.9. The van der Waals surface area contributed by atoms with Gasteiger partial charge in [-0.1, -0.05) is 69.7 Å². The van der Waals surface area contributed by atoms with Gasteiger partial charge in [-0.3, -0.25) is 9.69 Å². The Labute approximate surface area is 184 Å². The van der Waals surface area contributed by atoms with E-state index in [0.29, 0.717) is 18.8 Å². The highest BCUT2D eigenvalue weighted by Gasteiger charge is 2.26. The van der Waals surface area contributed by atoms with Crippen molar-refractivity contribution >= 4 is 27.9 Å². The van der Waals surface area contributed by atoms with Gasteiger partial charge in [-0.15, -0.1) is 5.10 Å². The molecular weight excluding hydrogens is 442 g/mol. The van der Waals surface area contributed by atoms with Gasteiger partial charge >= 0.3 is 0 Å². The molecule has 0 radical (unpaired) electrons. The van der Waals surface area contributed by atoms with Crippen LogP contribution in [0.25, 0.3) is 11.8 Å². The molecule has 30 heavy (non-hydrogen) atoms. The summed E-state index contributed by atoms with van der Waals surface area (Å²) in [7, 11) is 0. The van der Waals surface area contributed by atoms with Crippen molar-refractivity contribution in [3.05, 3.63) is 82.1 Å². The van der Waals surface area contributed by atoms with Crippen molar-refractivity contribution in [1.29, 1.82) is 0 Å². The van der Waals surface area contributed by atoms with Crippen LogP contribution in [-0.2, 0) is 0 Å². The van der Waals surface area contributed by atoms with Gasteiger partial charge in [0.2, 0.25) is 0 Å². The summed E-state index contributed by atoms with van der Waals surface area (Å²) in [5.41, 5.74) is 3.26. The molecule has 7 heteroatoms. The van der Waals surface area contributed by atoms with E-state index < -0.39 is 0 Å². The third kappa shape index (κ3) is 4.68. The van der Waals surface area contributed by atoms with Gasteiger partial charge in [-0.2, -0.15) is 0 Å². The minimum absolute atomic E-state index is 0.0479. The number of carbonyl (C=O) groups excluding carboxylic acids is 1. The average Bonchev–Trinajstić information content (AvgIpc) is 3.16. The number of nitrogens with zero attached hydrogens (tertiary/aromatic N) is 5. The normalized spacial score (nSPS) is 15.1. The molecule has 0 saturated carbocycles. The second kappa shape index (κ2) is 9.36. The van der Waals surface area contributed by atoms with Gasteiger partial charge in [0.1, 0.15) is 0 Å². The standard InChI is InChI=1S/C23H24BrN5O/c1-18-22(25-26-29(18)21-11-5-10-20(24)17-21)23(30)28-15-13-27(14-16-28)12-6-9-19-7-3-2-4-8-19/h2-11,17H,12-16H2,1H3/b9-6+. The highest BCUT2D eigenvalue weighted by Crippen LogP contribution is 2.18. The molecule has 154 valence electrons. The number of hydrogen-bond donors (Lipinski definition) is 0. The smallest absolute Gasteiger partial charge is 0.276 e. The Morgan fingerprint density at radius 1 is 1.07 bits per heavy atom. The van der Waals surface area contributed by atoms with Crippen molar-refractivity contribution in [1.82, 2.24) is 24.8 Å². The van der Waals surface area contributed by atoms with Crippen LogP contribution in [-0.4, -0.2) is 63.4 Å². The zero-order chi connectivity index (χ0) is 20.9. The molecule has 3 aromatic rings. The minimum atomic E-state index is -0.0479. The number of hydrogen-bond acceptors (Lipinski definition) is 4. The summed E-state index contributed by atoms with van der Waals surface area (Å²) < 4.78 is 2.67. The molecule has 6 nitrogen and oxygen atoms in total. The maximum Gasteiger partial charge on any atom is 0.276 e. The van der Waals surface area contributed by atoms with Crippen LogP contribution in [0.15, 0.2) is 65.1 Å². The number of carbonyl (C=O) groups is 1. The third-order valence-electron chi connectivity index (χ3n) is 5.28. The minimum Gasteiger partial charge on any atom is -0.335 e. The molecule has 2 heterocycles. The summed E-state index contributed by atoms with van der Waals surface area (Å²) in [5.74, 6) is -0.0479. The van der Waals surface area contributed by atoms with Gasteiger partial charge < -0.3 is 4.90 Å². The van der Waals surface area contributed by atoms with E-state index in [1.165, 1.54) is 5.56 Å². The monoisotopic (exact) mass is 465 g/mol. The van der Waals surface area contributed by atoms with Crippen molar-refractivity contribution in [3.8, 4) is 5.69 Å². The molecule has 0 unspecified atom stereocenters. The lowest BCUT2D eigenvalue weighted by Crippen LogP contribution is -2.48. The van der Waals surface area contributed by atoms with E-state index in [4.69, 9.17) is 0 Å². The maximum absolute atomic E-state index is 13.0. The first-order chi connectivity index (χ1) is 14.6. The van der Waals surface area contributed by atoms with Gasteiger partial charge in [-0.25, -0.2) is 4.68 Å². The van der Waals surface area contributed by atoms with Gasteiger partial charge in [0.15, 0.2) is 5.69 Å². The number of aromatic nitrogens is 3. The summed E-state index contributed by atoms with van der Waals surface area (Å²) in [4.78, 5) is 17.2. The van der Waals surface area contributed by atoms with Crippen LogP contribution in [0, 0.1) is 6.92 Å². The predicted octanol–water partition coefficient (Wildman–Crippen LogP) is 3.81. The Kier molecular flexibility index (Phi) is 6.40. The first-order valence-electron chi connectivity index (χ1n) is 10.0. The van der Waals surface area contributed by atoms with Crippen LogP contribution >= 0.6 is 15.9 Å². The summed E-state index contributed by atoms with van der Waals surface area (Å²) in [5, 5.41) is 8.39. The number of amides is 1. The molecule has 1 saturated heterocycles. The molecule has 0 atom stereocenters. The third-order valence-corrected chi connectivity index (χ3v) is 5.78.